The van der Waals surface area contributed by atoms with Crippen molar-refractivity contribution in [2.75, 3.05) is 0 Å². The number of alkyl halides is 2. The van der Waals surface area contributed by atoms with Crippen LogP contribution in [-0.2, 0) is 22.6 Å². The highest BCUT2D eigenvalue weighted by atomic mass is 32.1. The molecule has 0 aliphatic heterocycles. The van der Waals surface area contributed by atoms with E-state index in [1.54, 1.807) is 24.4 Å². The number of aromatic nitrogens is 1. The second-order valence-corrected chi connectivity index (χ2v) is 7.53. The van der Waals surface area contributed by atoms with Crippen LogP contribution in [-0.4, -0.2) is 17.6 Å². The highest BCUT2D eigenvalue weighted by molar-refractivity contribution is 7.09. The standard InChI is InChI=1S/C22H21F2NO4S/c1-14-3-7-18(8-4-14)27-12-20-25-17(13-30-20)11-21(26)28-15(2)16-5-9-19(10-6-16)29-22(23)24/h3-10,13,15,22H,11-12H2,1-2H3. The molecule has 0 aliphatic carbocycles. The van der Waals surface area contributed by atoms with E-state index in [0.29, 0.717) is 17.9 Å². The third kappa shape index (κ3) is 6.52. The number of esters is 1. The van der Waals surface area contributed by atoms with Crippen LogP contribution in [0.3, 0.4) is 0 Å². The Kier molecular flexibility index (Phi) is 7.35. The Morgan fingerprint density at radius 3 is 2.40 bits per heavy atom. The molecule has 0 fully saturated rings. The first-order valence-corrected chi connectivity index (χ1v) is 10.1. The van der Waals surface area contributed by atoms with Gasteiger partial charge in [0.2, 0.25) is 0 Å². The maximum Gasteiger partial charge on any atom is 0.387 e. The van der Waals surface area contributed by atoms with Gasteiger partial charge in [0.05, 0.1) is 12.1 Å². The summed E-state index contributed by atoms with van der Waals surface area (Å²) >= 11 is 1.42. The summed E-state index contributed by atoms with van der Waals surface area (Å²) < 4.78 is 39.8. The Hall–Kier alpha value is -3.00. The second-order valence-electron chi connectivity index (χ2n) is 6.59. The molecule has 0 bridgehead atoms. The van der Waals surface area contributed by atoms with E-state index in [2.05, 4.69) is 9.72 Å². The van der Waals surface area contributed by atoms with Crippen LogP contribution < -0.4 is 9.47 Å². The largest absolute Gasteiger partial charge is 0.486 e. The number of carbonyl (C=O) groups excluding carboxylic acids is 1. The molecular weight excluding hydrogens is 412 g/mol. The van der Waals surface area contributed by atoms with Gasteiger partial charge in [-0.15, -0.1) is 11.3 Å². The molecule has 0 aliphatic rings. The van der Waals surface area contributed by atoms with Crippen LogP contribution >= 0.6 is 11.3 Å². The van der Waals surface area contributed by atoms with Gasteiger partial charge >= 0.3 is 12.6 Å². The summed E-state index contributed by atoms with van der Waals surface area (Å²) in [4.78, 5) is 16.6. The van der Waals surface area contributed by atoms with Gasteiger partial charge in [0.25, 0.3) is 0 Å². The quantitative estimate of drug-likeness (QED) is 0.418. The molecule has 1 aromatic heterocycles. The fourth-order valence-corrected chi connectivity index (χ4v) is 3.36. The number of ether oxygens (including phenoxy) is 3. The van der Waals surface area contributed by atoms with E-state index in [4.69, 9.17) is 9.47 Å². The molecule has 30 heavy (non-hydrogen) atoms. The Balaban J connectivity index is 1.48. The molecule has 1 unspecified atom stereocenters. The Morgan fingerprint density at radius 1 is 1.07 bits per heavy atom. The molecule has 5 nitrogen and oxygen atoms in total. The van der Waals surface area contributed by atoms with Crippen LogP contribution in [0.4, 0.5) is 8.78 Å². The van der Waals surface area contributed by atoms with Gasteiger partial charge in [-0.2, -0.15) is 8.78 Å². The molecule has 1 heterocycles. The van der Waals surface area contributed by atoms with Crippen LogP contribution in [0.2, 0.25) is 0 Å². The van der Waals surface area contributed by atoms with Crippen molar-refractivity contribution in [2.24, 2.45) is 0 Å². The minimum atomic E-state index is -2.88. The summed E-state index contributed by atoms with van der Waals surface area (Å²) in [5, 5.41) is 2.57. The van der Waals surface area contributed by atoms with E-state index in [1.165, 1.54) is 23.5 Å². The molecule has 0 saturated carbocycles. The predicted octanol–water partition coefficient (Wildman–Crippen LogP) is 5.48. The Morgan fingerprint density at radius 2 is 1.73 bits per heavy atom. The summed E-state index contributed by atoms with van der Waals surface area (Å²) in [6.07, 6.45) is -0.487. The molecule has 0 saturated heterocycles. The molecule has 8 heteroatoms. The van der Waals surface area contributed by atoms with Gasteiger partial charge in [0.15, 0.2) is 0 Å². The number of halogens is 2. The Labute approximate surface area is 177 Å². The van der Waals surface area contributed by atoms with Crippen LogP contribution in [0.15, 0.2) is 53.9 Å². The van der Waals surface area contributed by atoms with Crippen LogP contribution in [0, 0.1) is 6.92 Å². The molecule has 2 aromatic carbocycles. The van der Waals surface area contributed by atoms with E-state index >= 15 is 0 Å². The van der Waals surface area contributed by atoms with Crippen molar-refractivity contribution >= 4 is 17.3 Å². The lowest BCUT2D eigenvalue weighted by Gasteiger charge is -2.14. The Bertz CT molecular complexity index is 958. The van der Waals surface area contributed by atoms with Crippen LogP contribution in [0.1, 0.15) is 34.9 Å². The van der Waals surface area contributed by atoms with Crippen molar-refractivity contribution in [2.45, 2.75) is 39.6 Å². The minimum absolute atomic E-state index is 0.0396. The van der Waals surface area contributed by atoms with Crippen molar-refractivity contribution < 1.29 is 27.8 Å². The first-order valence-electron chi connectivity index (χ1n) is 9.26. The van der Waals surface area contributed by atoms with Crippen LogP contribution in [0.25, 0.3) is 0 Å². The van der Waals surface area contributed by atoms with Gasteiger partial charge in [-0.1, -0.05) is 29.8 Å². The first-order chi connectivity index (χ1) is 14.4. The molecule has 158 valence electrons. The van der Waals surface area contributed by atoms with Gasteiger partial charge in [0.1, 0.15) is 29.2 Å². The lowest BCUT2D eigenvalue weighted by molar-refractivity contribution is -0.147. The highest BCUT2D eigenvalue weighted by Crippen LogP contribution is 2.22. The summed E-state index contributed by atoms with van der Waals surface area (Å²) in [5.74, 6) is 0.386. The van der Waals surface area contributed by atoms with Crippen LogP contribution in [0.5, 0.6) is 11.5 Å². The predicted molar refractivity (Wildman–Crippen MR) is 109 cm³/mol. The van der Waals surface area contributed by atoms with E-state index < -0.39 is 18.7 Å². The number of thiazole rings is 1. The number of carbonyl (C=O) groups is 1. The fourth-order valence-electron chi connectivity index (χ4n) is 2.65. The zero-order valence-electron chi connectivity index (χ0n) is 16.5. The van der Waals surface area contributed by atoms with E-state index in [1.807, 2.05) is 31.2 Å². The lowest BCUT2D eigenvalue weighted by atomic mass is 10.1. The van der Waals surface area contributed by atoms with Gasteiger partial charge in [0, 0.05) is 5.38 Å². The summed E-state index contributed by atoms with van der Waals surface area (Å²) in [7, 11) is 0. The van der Waals surface area contributed by atoms with Crippen molar-refractivity contribution in [1.29, 1.82) is 0 Å². The topological polar surface area (TPSA) is 57.7 Å². The zero-order valence-corrected chi connectivity index (χ0v) is 17.3. The maximum atomic E-state index is 12.2. The highest BCUT2D eigenvalue weighted by Gasteiger charge is 2.15. The first kappa shape index (κ1) is 21.7. The van der Waals surface area contributed by atoms with Gasteiger partial charge in [-0.05, 0) is 43.7 Å². The SMILES string of the molecule is Cc1ccc(OCc2nc(CC(=O)OC(C)c3ccc(OC(F)F)cc3)cs2)cc1. The summed E-state index contributed by atoms with van der Waals surface area (Å²) in [6.45, 7) is 1.17. The van der Waals surface area contributed by atoms with Crippen molar-refractivity contribution in [1.82, 2.24) is 4.98 Å². The zero-order chi connectivity index (χ0) is 21.5. The van der Waals surface area contributed by atoms with Gasteiger partial charge in [-0.3, -0.25) is 4.79 Å². The molecule has 3 rings (SSSR count). The van der Waals surface area contributed by atoms with Crippen molar-refractivity contribution in [3.05, 3.63) is 75.7 Å². The smallest absolute Gasteiger partial charge is 0.387 e. The fraction of sp³-hybridized carbons (Fsp3) is 0.273. The van der Waals surface area contributed by atoms with Crippen molar-refractivity contribution in [3.8, 4) is 11.5 Å². The monoisotopic (exact) mass is 433 g/mol. The number of hydrogen-bond acceptors (Lipinski definition) is 6. The van der Waals surface area contributed by atoms with Crippen molar-refractivity contribution in [3.63, 3.8) is 0 Å². The van der Waals surface area contributed by atoms with E-state index in [-0.39, 0.29) is 12.2 Å². The molecule has 1 atom stereocenters. The average Bonchev–Trinajstić information content (AvgIpc) is 3.14. The average molecular weight is 433 g/mol. The third-order valence-electron chi connectivity index (χ3n) is 4.19. The number of nitrogens with zero attached hydrogens (tertiary/aromatic N) is 1. The number of benzene rings is 2. The normalized spacial score (nSPS) is 11.9. The van der Waals surface area contributed by atoms with E-state index in [9.17, 15) is 13.6 Å². The molecule has 0 N–H and O–H groups in total. The second kappa shape index (κ2) is 10.2. The third-order valence-corrected chi connectivity index (χ3v) is 5.06. The molecule has 0 radical (unpaired) electrons. The number of aryl methyl sites for hydroxylation is 1. The number of rotatable bonds is 9. The lowest BCUT2D eigenvalue weighted by Crippen LogP contribution is -2.12. The molecule has 3 aromatic rings. The molecule has 0 amide bonds. The summed E-state index contributed by atoms with van der Waals surface area (Å²) in [5.41, 5.74) is 2.44. The van der Waals surface area contributed by atoms with Gasteiger partial charge in [-0.25, -0.2) is 4.98 Å². The minimum Gasteiger partial charge on any atom is -0.486 e. The van der Waals surface area contributed by atoms with E-state index in [0.717, 1.165) is 16.3 Å². The number of hydrogen-bond donors (Lipinski definition) is 0. The molecular formula is C22H21F2NO4S. The summed E-state index contributed by atoms with van der Waals surface area (Å²) in [6, 6.07) is 13.7. The van der Waals surface area contributed by atoms with Gasteiger partial charge < -0.3 is 14.2 Å². The molecule has 0 spiro atoms. The maximum absolute atomic E-state index is 12.2.